The van der Waals surface area contributed by atoms with Crippen LogP contribution in [0, 0.1) is 13.8 Å². The van der Waals surface area contributed by atoms with Crippen molar-refractivity contribution in [3.8, 4) is 17.2 Å². The molecule has 4 rings (SSSR count). The fourth-order valence-corrected chi connectivity index (χ4v) is 4.67. The third-order valence-corrected chi connectivity index (χ3v) is 6.88. The number of rotatable bonds is 10. The van der Waals surface area contributed by atoms with Crippen molar-refractivity contribution in [2.45, 2.75) is 51.8 Å². The number of aryl methyl sites for hydroxylation is 2. The summed E-state index contributed by atoms with van der Waals surface area (Å²) in [5.74, 6) is 2.07. The van der Waals surface area contributed by atoms with Gasteiger partial charge in [0.25, 0.3) is 0 Å². The Labute approximate surface area is 218 Å². The molecule has 1 aromatic heterocycles. The smallest absolute Gasteiger partial charge is 0.161 e. The summed E-state index contributed by atoms with van der Waals surface area (Å²) >= 11 is 6.26. The molecule has 36 heavy (non-hydrogen) atoms. The van der Waals surface area contributed by atoms with Gasteiger partial charge in [0, 0.05) is 19.3 Å². The molecule has 0 aliphatic carbocycles. The van der Waals surface area contributed by atoms with Gasteiger partial charge in [-0.3, -0.25) is 9.58 Å². The first kappa shape index (κ1) is 26.3. The second-order valence-corrected chi connectivity index (χ2v) is 10.1. The lowest BCUT2D eigenvalue weighted by Gasteiger charge is -2.27. The normalized spacial score (nSPS) is 18.6. The molecule has 0 spiro atoms. The van der Waals surface area contributed by atoms with E-state index in [2.05, 4.69) is 16.1 Å². The summed E-state index contributed by atoms with van der Waals surface area (Å²) in [7, 11) is 1.66. The van der Waals surface area contributed by atoms with E-state index >= 15 is 0 Å². The number of ether oxygens (including phenoxy) is 3. The van der Waals surface area contributed by atoms with Gasteiger partial charge in [0.15, 0.2) is 11.5 Å². The van der Waals surface area contributed by atoms with Crippen molar-refractivity contribution in [3.63, 3.8) is 0 Å². The molecule has 0 saturated carbocycles. The van der Waals surface area contributed by atoms with E-state index in [-0.39, 0.29) is 6.61 Å². The van der Waals surface area contributed by atoms with E-state index in [0.29, 0.717) is 36.8 Å². The Hall–Kier alpha value is -2.74. The van der Waals surface area contributed by atoms with Crippen LogP contribution in [0.5, 0.6) is 17.2 Å². The monoisotopic (exact) mass is 513 g/mol. The molecule has 1 fully saturated rings. The average Bonchev–Trinajstić information content (AvgIpc) is 3.19. The van der Waals surface area contributed by atoms with E-state index in [1.165, 1.54) is 0 Å². The summed E-state index contributed by atoms with van der Waals surface area (Å²) < 4.78 is 19.4. The zero-order chi connectivity index (χ0) is 25.5. The van der Waals surface area contributed by atoms with E-state index in [0.717, 1.165) is 54.2 Å². The summed E-state index contributed by atoms with van der Waals surface area (Å²) in [5, 5.41) is 16.1. The molecule has 1 aliphatic heterocycles. The minimum atomic E-state index is -0.871. The maximum absolute atomic E-state index is 11.2. The number of hydrogen-bond acceptors (Lipinski definition) is 6. The van der Waals surface area contributed by atoms with E-state index in [4.69, 9.17) is 25.8 Å². The predicted octanol–water partition coefficient (Wildman–Crippen LogP) is 5.04. The third-order valence-electron chi connectivity index (χ3n) is 6.57. The highest BCUT2D eigenvalue weighted by atomic mass is 35.5. The molecule has 2 aromatic carbocycles. The van der Waals surface area contributed by atoms with Gasteiger partial charge in [-0.25, -0.2) is 0 Å². The Kier molecular flexibility index (Phi) is 8.77. The number of aliphatic hydroxyl groups is 1. The van der Waals surface area contributed by atoms with Crippen molar-refractivity contribution in [3.05, 3.63) is 70.5 Å². The van der Waals surface area contributed by atoms with Crippen molar-refractivity contribution >= 4 is 11.6 Å². The second kappa shape index (κ2) is 12.0. The van der Waals surface area contributed by atoms with Gasteiger partial charge in [0.2, 0.25) is 0 Å². The molecule has 1 saturated heterocycles. The summed E-state index contributed by atoms with van der Waals surface area (Å²) in [4.78, 5) is 2.37. The van der Waals surface area contributed by atoms with Gasteiger partial charge in [-0.15, -0.1) is 0 Å². The molecule has 8 heteroatoms. The number of methoxy groups -OCH3 is 1. The first-order chi connectivity index (χ1) is 17.3. The number of benzene rings is 2. The molecule has 1 N–H and O–H groups in total. The molecule has 1 atom stereocenters. The average molecular weight is 514 g/mol. The molecule has 1 aliphatic rings. The number of hydrogen-bond donors (Lipinski definition) is 1. The lowest BCUT2D eigenvalue weighted by atomic mass is 9.96. The van der Waals surface area contributed by atoms with Crippen LogP contribution in [0.4, 0.5) is 0 Å². The lowest BCUT2D eigenvalue weighted by molar-refractivity contribution is -0.0168. The minimum Gasteiger partial charge on any atom is -0.493 e. The quantitative estimate of drug-likeness (QED) is 0.410. The molecule has 0 unspecified atom stereocenters. The fourth-order valence-electron chi connectivity index (χ4n) is 4.50. The van der Waals surface area contributed by atoms with Crippen molar-refractivity contribution in [2.75, 3.05) is 33.4 Å². The van der Waals surface area contributed by atoms with Crippen LogP contribution < -0.4 is 14.2 Å². The van der Waals surface area contributed by atoms with Crippen LogP contribution in [0.2, 0.25) is 5.02 Å². The highest BCUT2D eigenvalue weighted by Gasteiger charge is 2.31. The molecule has 0 bridgehead atoms. The molecular weight excluding hydrogens is 478 g/mol. The molecule has 3 aromatic rings. The maximum atomic E-state index is 11.2. The molecular formula is C28H36ClN3O4. The number of likely N-dealkylation sites (tertiary alicyclic amines) is 1. The Morgan fingerprint density at radius 3 is 2.64 bits per heavy atom. The van der Waals surface area contributed by atoms with Crippen LogP contribution in [0.1, 0.15) is 36.0 Å². The summed E-state index contributed by atoms with van der Waals surface area (Å²) in [5.41, 5.74) is 2.49. The number of nitrogens with zero attached hydrogens (tertiary/aromatic N) is 3. The van der Waals surface area contributed by atoms with Crippen LogP contribution in [-0.2, 0) is 13.1 Å². The van der Waals surface area contributed by atoms with Crippen LogP contribution in [-0.4, -0.2) is 58.8 Å². The van der Waals surface area contributed by atoms with Crippen LogP contribution in [0.15, 0.2) is 48.8 Å². The second-order valence-electron chi connectivity index (χ2n) is 9.69. The molecule has 7 nitrogen and oxygen atoms in total. The lowest BCUT2D eigenvalue weighted by Crippen LogP contribution is -2.37. The van der Waals surface area contributed by atoms with Gasteiger partial charge < -0.3 is 19.3 Å². The number of halogens is 1. The highest BCUT2D eigenvalue weighted by Crippen LogP contribution is 2.31. The van der Waals surface area contributed by atoms with Crippen LogP contribution in [0.25, 0.3) is 0 Å². The van der Waals surface area contributed by atoms with Gasteiger partial charge in [0.1, 0.15) is 19.0 Å². The van der Waals surface area contributed by atoms with Crippen molar-refractivity contribution < 1.29 is 19.3 Å². The van der Waals surface area contributed by atoms with Crippen LogP contribution in [0.3, 0.4) is 0 Å². The summed E-state index contributed by atoms with van der Waals surface area (Å²) in [6.07, 6.45) is 6.06. The van der Waals surface area contributed by atoms with E-state index in [1.54, 1.807) is 7.11 Å². The van der Waals surface area contributed by atoms with Gasteiger partial charge >= 0.3 is 0 Å². The number of aromatic nitrogens is 2. The minimum absolute atomic E-state index is 0.238. The molecule has 194 valence electrons. The maximum Gasteiger partial charge on any atom is 0.161 e. The first-order valence-corrected chi connectivity index (χ1v) is 12.8. The van der Waals surface area contributed by atoms with Crippen molar-refractivity contribution in [1.82, 2.24) is 14.7 Å². The standard InChI is InChI=1S/C28H36ClN3O4/c1-21-5-7-24(29)26(15-21)36-20-28(33)9-4-11-31(12-10-28)19-23-6-8-25(27(16-23)34-3)35-14-13-32-18-22(2)17-30-32/h5-8,15-18,33H,4,9-14,19-20H2,1-3H3/t28-/m1/s1. The zero-order valence-electron chi connectivity index (χ0n) is 21.4. The Bertz CT molecular complexity index is 1150. The van der Waals surface area contributed by atoms with Gasteiger partial charge in [-0.2, -0.15) is 5.10 Å². The largest absolute Gasteiger partial charge is 0.493 e. The molecule has 0 amide bonds. The predicted molar refractivity (Wildman–Crippen MR) is 141 cm³/mol. The van der Waals surface area contributed by atoms with E-state index in [9.17, 15) is 5.11 Å². The van der Waals surface area contributed by atoms with Crippen LogP contribution >= 0.6 is 11.6 Å². The SMILES string of the molecule is COc1cc(CN2CCC[C@](O)(COc3cc(C)ccc3Cl)CC2)ccc1OCCn1cc(C)cn1. The summed E-state index contributed by atoms with van der Waals surface area (Å²) in [6.45, 7) is 7.92. The molecule has 2 heterocycles. The van der Waals surface area contributed by atoms with Gasteiger partial charge in [-0.05, 0) is 80.6 Å². The van der Waals surface area contributed by atoms with E-state index in [1.807, 2.05) is 61.3 Å². The highest BCUT2D eigenvalue weighted by molar-refractivity contribution is 6.32. The first-order valence-electron chi connectivity index (χ1n) is 12.5. The van der Waals surface area contributed by atoms with Gasteiger partial charge in [-0.1, -0.05) is 23.7 Å². The zero-order valence-corrected chi connectivity index (χ0v) is 22.1. The van der Waals surface area contributed by atoms with E-state index < -0.39 is 5.60 Å². The van der Waals surface area contributed by atoms with Crippen molar-refractivity contribution in [1.29, 1.82) is 0 Å². The Morgan fingerprint density at radius 2 is 1.86 bits per heavy atom. The summed E-state index contributed by atoms with van der Waals surface area (Å²) in [6, 6.07) is 11.8. The van der Waals surface area contributed by atoms with Crippen molar-refractivity contribution in [2.24, 2.45) is 0 Å². The fraction of sp³-hybridized carbons (Fsp3) is 0.464. The topological polar surface area (TPSA) is 69.0 Å². The van der Waals surface area contributed by atoms with Gasteiger partial charge in [0.05, 0.1) is 30.5 Å². The third kappa shape index (κ3) is 7.15. The molecule has 0 radical (unpaired) electrons. The Balaban J connectivity index is 1.29. The Morgan fingerprint density at radius 1 is 1.00 bits per heavy atom.